The molecule has 0 N–H and O–H groups in total. The number of rotatable bonds is 6. The molecule has 0 aromatic heterocycles. The first-order valence-electron chi connectivity index (χ1n) is 11.0. The molecule has 0 amide bonds. The lowest BCUT2D eigenvalue weighted by Gasteiger charge is -2.28. The van der Waals surface area contributed by atoms with E-state index in [1.165, 1.54) is 68.9 Å². The summed E-state index contributed by atoms with van der Waals surface area (Å²) in [5.74, 6) is 8.37. The first kappa shape index (κ1) is 19.8. The molecule has 0 spiro atoms. The molecular weight excluding hydrogens is 324 g/mol. The van der Waals surface area contributed by atoms with Crippen molar-refractivity contribution >= 4 is 0 Å². The number of hydrogen-bond donors (Lipinski definition) is 0. The van der Waals surface area contributed by atoms with Crippen molar-refractivity contribution in [2.24, 2.45) is 5.92 Å². The van der Waals surface area contributed by atoms with Gasteiger partial charge in [-0.05, 0) is 85.8 Å². The summed E-state index contributed by atoms with van der Waals surface area (Å²) in [5.41, 5.74) is 5.16. The second-order valence-electron chi connectivity index (χ2n) is 8.15. The number of unbranched alkanes of at least 4 members (excludes halogenated alkanes) is 2. The van der Waals surface area contributed by atoms with Gasteiger partial charge in [-0.1, -0.05) is 69.2 Å². The number of benzene rings is 2. The summed E-state index contributed by atoms with van der Waals surface area (Å²) in [5, 5.41) is 0. The van der Waals surface area contributed by atoms with E-state index in [1.807, 2.05) is 0 Å². The number of aryl methyl sites for hydroxylation is 1. The van der Waals surface area contributed by atoms with E-state index in [2.05, 4.69) is 74.2 Å². The third kappa shape index (κ3) is 6.00. The Kier molecular flexibility index (Phi) is 7.58. The molecule has 0 radical (unpaired) electrons. The molecule has 0 heteroatoms. The molecule has 0 heterocycles. The smallest absolute Gasteiger partial charge is 0.0249 e. The molecule has 27 heavy (non-hydrogen) atoms. The maximum atomic E-state index is 3.33. The summed E-state index contributed by atoms with van der Waals surface area (Å²) >= 11 is 0. The van der Waals surface area contributed by atoms with Crippen LogP contribution in [0.25, 0.3) is 0 Å². The monoisotopic (exact) mass is 358 g/mol. The van der Waals surface area contributed by atoms with Crippen molar-refractivity contribution in [2.45, 2.75) is 77.6 Å². The highest BCUT2D eigenvalue weighted by molar-refractivity contribution is 5.44. The Hall–Kier alpha value is -2.00. The van der Waals surface area contributed by atoms with Gasteiger partial charge in [0.05, 0.1) is 0 Å². The normalized spacial score (nSPS) is 19.3. The van der Waals surface area contributed by atoms with Crippen molar-refractivity contribution in [2.75, 3.05) is 0 Å². The van der Waals surface area contributed by atoms with Gasteiger partial charge in [-0.3, -0.25) is 0 Å². The van der Waals surface area contributed by atoms with Crippen LogP contribution in [0, 0.1) is 17.8 Å². The third-order valence-corrected chi connectivity index (χ3v) is 6.18. The molecule has 1 aliphatic carbocycles. The van der Waals surface area contributed by atoms with Gasteiger partial charge in [0.15, 0.2) is 0 Å². The minimum Gasteiger partial charge on any atom is -0.0654 e. The molecule has 1 aliphatic rings. The van der Waals surface area contributed by atoms with Gasteiger partial charge >= 0.3 is 0 Å². The van der Waals surface area contributed by atoms with E-state index in [9.17, 15) is 0 Å². The molecule has 1 saturated carbocycles. The maximum Gasteiger partial charge on any atom is 0.0249 e. The fraction of sp³-hybridized carbons (Fsp3) is 0.481. The molecule has 1 fully saturated rings. The lowest BCUT2D eigenvalue weighted by atomic mass is 9.78. The van der Waals surface area contributed by atoms with Crippen molar-refractivity contribution in [3.8, 4) is 11.8 Å². The van der Waals surface area contributed by atoms with Gasteiger partial charge in [0.1, 0.15) is 0 Å². The highest BCUT2D eigenvalue weighted by Crippen LogP contribution is 2.36. The van der Waals surface area contributed by atoms with E-state index in [-0.39, 0.29) is 0 Å². The van der Waals surface area contributed by atoms with Crippen molar-refractivity contribution in [3.63, 3.8) is 0 Å². The van der Waals surface area contributed by atoms with Crippen LogP contribution in [0.4, 0.5) is 0 Å². The highest BCUT2D eigenvalue weighted by atomic mass is 14.3. The van der Waals surface area contributed by atoms with Gasteiger partial charge in [0, 0.05) is 11.1 Å². The van der Waals surface area contributed by atoms with Crippen molar-refractivity contribution in [3.05, 3.63) is 70.8 Å². The minimum atomic E-state index is 0.759. The van der Waals surface area contributed by atoms with Crippen LogP contribution in [-0.4, -0.2) is 0 Å². The minimum absolute atomic E-state index is 0.759. The zero-order chi connectivity index (χ0) is 18.9. The van der Waals surface area contributed by atoms with E-state index in [0.29, 0.717) is 0 Å². The van der Waals surface area contributed by atoms with Crippen LogP contribution < -0.4 is 0 Å². The molecule has 142 valence electrons. The molecule has 0 unspecified atom stereocenters. The third-order valence-electron chi connectivity index (χ3n) is 6.18. The average molecular weight is 359 g/mol. The van der Waals surface area contributed by atoms with Gasteiger partial charge in [0.25, 0.3) is 0 Å². The van der Waals surface area contributed by atoms with Crippen LogP contribution >= 0.6 is 0 Å². The molecule has 0 bridgehead atoms. The summed E-state index contributed by atoms with van der Waals surface area (Å²) in [6.45, 7) is 4.58. The standard InChI is InChI=1S/C27H34/c1-3-5-6-7-23-8-10-24(11-9-23)12-13-25-16-20-27(21-17-25)26-18-14-22(4-2)15-19-26/h8-11,16-17,20-22,26H,3-7,14-15,18-19H2,1-2H3. The second-order valence-corrected chi connectivity index (χ2v) is 8.15. The fourth-order valence-electron chi connectivity index (χ4n) is 4.22. The van der Waals surface area contributed by atoms with Crippen LogP contribution in [-0.2, 0) is 6.42 Å². The Morgan fingerprint density at radius 3 is 1.89 bits per heavy atom. The van der Waals surface area contributed by atoms with Gasteiger partial charge in [0.2, 0.25) is 0 Å². The topological polar surface area (TPSA) is 0 Å². The number of hydrogen-bond acceptors (Lipinski definition) is 0. The highest BCUT2D eigenvalue weighted by Gasteiger charge is 2.20. The van der Waals surface area contributed by atoms with Crippen LogP contribution in [0.2, 0.25) is 0 Å². The summed E-state index contributed by atoms with van der Waals surface area (Å²) in [7, 11) is 0. The van der Waals surface area contributed by atoms with Gasteiger partial charge in [-0.15, -0.1) is 0 Å². The molecular formula is C27H34. The Labute approximate surface area is 166 Å². The van der Waals surface area contributed by atoms with Crippen LogP contribution in [0.5, 0.6) is 0 Å². The van der Waals surface area contributed by atoms with Crippen molar-refractivity contribution in [1.29, 1.82) is 0 Å². The molecule has 0 aliphatic heterocycles. The average Bonchev–Trinajstić information content (AvgIpc) is 2.74. The second kappa shape index (κ2) is 10.4. The van der Waals surface area contributed by atoms with E-state index in [0.717, 1.165) is 23.0 Å². The van der Waals surface area contributed by atoms with E-state index >= 15 is 0 Å². The Balaban J connectivity index is 1.56. The van der Waals surface area contributed by atoms with Gasteiger partial charge in [-0.25, -0.2) is 0 Å². The molecule has 0 nitrogen and oxygen atoms in total. The van der Waals surface area contributed by atoms with Gasteiger partial charge < -0.3 is 0 Å². The van der Waals surface area contributed by atoms with E-state index in [1.54, 1.807) is 0 Å². The lowest BCUT2D eigenvalue weighted by Crippen LogP contribution is -2.12. The summed E-state index contributed by atoms with van der Waals surface area (Å²) in [6.07, 6.45) is 11.9. The van der Waals surface area contributed by atoms with E-state index < -0.39 is 0 Å². The summed E-state index contributed by atoms with van der Waals surface area (Å²) in [6, 6.07) is 17.8. The maximum absolute atomic E-state index is 3.33. The summed E-state index contributed by atoms with van der Waals surface area (Å²) < 4.78 is 0. The van der Waals surface area contributed by atoms with Crippen LogP contribution in [0.3, 0.4) is 0 Å². The Morgan fingerprint density at radius 2 is 1.33 bits per heavy atom. The zero-order valence-corrected chi connectivity index (χ0v) is 17.1. The largest absolute Gasteiger partial charge is 0.0654 e. The molecule has 0 atom stereocenters. The molecule has 0 saturated heterocycles. The SMILES string of the molecule is CCCCCc1ccc(C#Cc2ccc(C3CCC(CC)CC3)cc2)cc1. The summed E-state index contributed by atoms with van der Waals surface area (Å²) in [4.78, 5) is 0. The quantitative estimate of drug-likeness (QED) is 0.370. The first-order chi connectivity index (χ1) is 13.3. The van der Waals surface area contributed by atoms with Crippen molar-refractivity contribution < 1.29 is 0 Å². The Bertz CT molecular complexity index is 731. The van der Waals surface area contributed by atoms with Crippen LogP contribution in [0.1, 0.15) is 93.4 Å². The van der Waals surface area contributed by atoms with Gasteiger partial charge in [-0.2, -0.15) is 0 Å². The lowest BCUT2D eigenvalue weighted by molar-refractivity contribution is 0.319. The van der Waals surface area contributed by atoms with Crippen LogP contribution in [0.15, 0.2) is 48.5 Å². The molecule has 3 rings (SSSR count). The predicted octanol–water partition coefficient (Wildman–Crippen LogP) is 7.50. The molecule has 2 aromatic rings. The molecule has 2 aromatic carbocycles. The Morgan fingerprint density at radius 1 is 0.741 bits per heavy atom. The van der Waals surface area contributed by atoms with Crippen molar-refractivity contribution in [1.82, 2.24) is 0 Å². The zero-order valence-electron chi connectivity index (χ0n) is 17.1. The van der Waals surface area contributed by atoms with E-state index in [4.69, 9.17) is 0 Å². The first-order valence-corrected chi connectivity index (χ1v) is 11.0. The fourth-order valence-corrected chi connectivity index (χ4v) is 4.22. The predicted molar refractivity (Wildman–Crippen MR) is 117 cm³/mol.